The van der Waals surface area contributed by atoms with Crippen LogP contribution in [-0.4, -0.2) is 17.6 Å². The maximum absolute atomic E-state index is 11.8. The quantitative estimate of drug-likeness (QED) is 0.899. The first-order valence-corrected chi connectivity index (χ1v) is 7.16. The molecule has 1 aliphatic rings. The molecule has 2 amide bonds. The maximum Gasteiger partial charge on any atom is 0.321 e. The predicted octanol–water partition coefficient (Wildman–Crippen LogP) is 3.00. The third kappa shape index (κ3) is 2.76. The van der Waals surface area contributed by atoms with Crippen molar-refractivity contribution in [1.29, 1.82) is 0 Å². The lowest BCUT2D eigenvalue weighted by Gasteiger charge is -2.16. The zero-order valence-corrected chi connectivity index (χ0v) is 11.2. The smallest absolute Gasteiger partial charge is 0.321 e. The van der Waals surface area contributed by atoms with Crippen LogP contribution in [-0.2, 0) is 5.41 Å². The molecular formula is C14H15N3OS. The van der Waals surface area contributed by atoms with Crippen LogP contribution >= 0.6 is 11.3 Å². The van der Waals surface area contributed by atoms with Gasteiger partial charge >= 0.3 is 6.03 Å². The van der Waals surface area contributed by atoms with Crippen LogP contribution in [0.3, 0.4) is 0 Å². The molecule has 5 heteroatoms. The number of carbonyl (C=O) groups excluding carboxylic acids is 1. The van der Waals surface area contributed by atoms with E-state index in [-0.39, 0.29) is 11.4 Å². The average molecular weight is 273 g/mol. The number of hydrogen-bond acceptors (Lipinski definition) is 3. The van der Waals surface area contributed by atoms with Crippen molar-refractivity contribution in [1.82, 2.24) is 10.3 Å². The second kappa shape index (κ2) is 5.01. The van der Waals surface area contributed by atoms with Crippen molar-refractivity contribution < 1.29 is 4.79 Å². The van der Waals surface area contributed by atoms with Crippen LogP contribution in [0.4, 0.5) is 9.93 Å². The van der Waals surface area contributed by atoms with Crippen molar-refractivity contribution in [2.75, 3.05) is 11.9 Å². The van der Waals surface area contributed by atoms with Crippen molar-refractivity contribution in [2.24, 2.45) is 0 Å². The van der Waals surface area contributed by atoms with Crippen LogP contribution < -0.4 is 10.6 Å². The van der Waals surface area contributed by atoms with Crippen LogP contribution in [0.5, 0.6) is 0 Å². The number of aromatic nitrogens is 1. The lowest BCUT2D eigenvalue weighted by Crippen LogP contribution is -2.35. The number of benzene rings is 1. The molecule has 98 valence electrons. The number of anilines is 1. The summed E-state index contributed by atoms with van der Waals surface area (Å²) in [5.41, 5.74) is 1.45. The van der Waals surface area contributed by atoms with Crippen LogP contribution in [0.25, 0.3) is 0 Å². The van der Waals surface area contributed by atoms with Gasteiger partial charge in [-0.2, -0.15) is 0 Å². The van der Waals surface area contributed by atoms with Crippen LogP contribution in [0.2, 0.25) is 0 Å². The Labute approximate surface area is 115 Å². The largest absolute Gasteiger partial charge is 0.337 e. The Morgan fingerprint density at radius 1 is 1.32 bits per heavy atom. The highest BCUT2D eigenvalue weighted by Gasteiger charge is 2.44. The summed E-state index contributed by atoms with van der Waals surface area (Å²) in [6.07, 6.45) is 3.94. The minimum Gasteiger partial charge on any atom is -0.337 e. The summed E-state index contributed by atoms with van der Waals surface area (Å²) in [5.74, 6) is 0. The van der Waals surface area contributed by atoms with Crippen LogP contribution in [0.15, 0.2) is 41.9 Å². The highest BCUT2D eigenvalue weighted by atomic mass is 32.1. The highest BCUT2D eigenvalue weighted by Crippen LogP contribution is 2.47. The van der Waals surface area contributed by atoms with Gasteiger partial charge in [0.2, 0.25) is 0 Å². The summed E-state index contributed by atoms with van der Waals surface area (Å²) < 4.78 is 0. The fraction of sp³-hybridized carbons (Fsp3) is 0.286. The number of urea groups is 1. The number of thiazole rings is 1. The van der Waals surface area contributed by atoms with E-state index in [4.69, 9.17) is 0 Å². The normalized spacial score (nSPS) is 15.8. The van der Waals surface area contributed by atoms with E-state index in [2.05, 4.69) is 27.8 Å². The first kappa shape index (κ1) is 12.2. The summed E-state index contributed by atoms with van der Waals surface area (Å²) in [4.78, 5) is 15.8. The zero-order chi connectivity index (χ0) is 13.1. The van der Waals surface area contributed by atoms with Crippen molar-refractivity contribution in [3.63, 3.8) is 0 Å². The van der Waals surface area contributed by atoms with Gasteiger partial charge in [0, 0.05) is 23.5 Å². The van der Waals surface area contributed by atoms with Gasteiger partial charge in [0.15, 0.2) is 5.13 Å². The van der Waals surface area contributed by atoms with E-state index in [1.165, 1.54) is 16.9 Å². The molecule has 0 aliphatic heterocycles. The van der Waals surface area contributed by atoms with Crippen LogP contribution in [0.1, 0.15) is 18.4 Å². The van der Waals surface area contributed by atoms with Gasteiger partial charge in [-0.15, -0.1) is 11.3 Å². The molecule has 0 unspecified atom stereocenters. The summed E-state index contributed by atoms with van der Waals surface area (Å²) >= 11 is 1.41. The average Bonchev–Trinajstić information content (AvgIpc) is 3.08. The Balaban J connectivity index is 1.56. The molecule has 1 fully saturated rings. The molecular weight excluding hydrogens is 258 g/mol. The van der Waals surface area contributed by atoms with Gasteiger partial charge in [0.25, 0.3) is 0 Å². The molecule has 0 spiro atoms. The number of amides is 2. The van der Waals surface area contributed by atoms with E-state index in [1.54, 1.807) is 6.20 Å². The van der Waals surface area contributed by atoms with Crippen molar-refractivity contribution in [3.05, 3.63) is 47.5 Å². The lowest BCUT2D eigenvalue weighted by atomic mass is 9.96. The lowest BCUT2D eigenvalue weighted by molar-refractivity contribution is 0.251. The molecule has 19 heavy (non-hydrogen) atoms. The van der Waals surface area contributed by atoms with Gasteiger partial charge in [-0.3, -0.25) is 5.32 Å². The molecule has 1 heterocycles. The molecule has 2 aromatic rings. The molecule has 0 radical (unpaired) electrons. The topological polar surface area (TPSA) is 54.0 Å². The van der Waals surface area contributed by atoms with Crippen molar-refractivity contribution >= 4 is 22.5 Å². The molecule has 3 rings (SSSR count). The maximum atomic E-state index is 11.8. The van der Waals surface area contributed by atoms with E-state index in [1.807, 2.05) is 23.6 Å². The number of carbonyl (C=O) groups is 1. The molecule has 0 saturated heterocycles. The Kier molecular flexibility index (Phi) is 3.21. The molecule has 1 aromatic carbocycles. The van der Waals surface area contributed by atoms with Crippen molar-refractivity contribution in [3.8, 4) is 0 Å². The summed E-state index contributed by atoms with van der Waals surface area (Å²) in [5, 5.41) is 8.13. The Morgan fingerprint density at radius 2 is 2.11 bits per heavy atom. The fourth-order valence-electron chi connectivity index (χ4n) is 2.19. The van der Waals surface area contributed by atoms with E-state index >= 15 is 0 Å². The Morgan fingerprint density at radius 3 is 2.74 bits per heavy atom. The van der Waals surface area contributed by atoms with Gasteiger partial charge in [0.05, 0.1) is 0 Å². The van der Waals surface area contributed by atoms with Crippen LogP contribution in [0, 0.1) is 0 Å². The fourth-order valence-corrected chi connectivity index (χ4v) is 2.71. The minimum absolute atomic E-state index is 0.140. The third-order valence-corrected chi connectivity index (χ3v) is 4.17. The molecule has 0 atom stereocenters. The number of hydrogen-bond donors (Lipinski definition) is 2. The van der Waals surface area contributed by atoms with Gasteiger partial charge in [-0.1, -0.05) is 30.3 Å². The minimum atomic E-state index is -0.183. The van der Waals surface area contributed by atoms with Gasteiger partial charge in [-0.05, 0) is 18.4 Å². The molecule has 1 aliphatic carbocycles. The van der Waals surface area contributed by atoms with Gasteiger partial charge in [-0.25, -0.2) is 9.78 Å². The van der Waals surface area contributed by atoms with E-state index in [9.17, 15) is 4.79 Å². The van der Waals surface area contributed by atoms with Crippen molar-refractivity contribution in [2.45, 2.75) is 18.3 Å². The Hall–Kier alpha value is -1.88. The summed E-state index contributed by atoms with van der Waals surface area (Å²) in [7, 11) is 0. The standard InChI is InChI=1S/C14H15N3OS/c18-12(17-13-15-8-9-19-13)16-10-14(6-7-14)11-4-2-1-3-5-11/h1-5,8-9H,6-7,10H2,(H2,15,16,17,18). The SMILES string of the molecule is O=C(NCC1(c2ccccc2)CC1)Nc1nccs1. The number of rotatable bonds is 4. The first-order valence-electron chi connectivity index (χ1n) is 6.28. The second-order valence-electron chi connectivity index (χ2n) is 4.79. The zero-order valence-electron chi connectivity index (χ0n) is 10.4. The van der Waals surface area contributed by atoms with E-state index in [0.29, 0.717) is 11.7 Å². The predicted molar refractivity (Wildman–Crippen MR) is 76.5 cm³/mol. The molecule has 1 saturated carbocycles. The summed E-state index contributed by atoms with van der Waals surface area (Å²) in [6.45, 7) is 0.675. The molecule has 1 aromatic heterocycles. The van der Waals surface area contributed by atoms with E-state index < -0.39 is 0 Å². The Bertz CT molecular complexity index is 549. The first-order chi connectivity index (χ1) is 9.28. The summed E-state index contributed by atoms with van der Waals surface area (Å²) in [6, 6.07) is 10.2. The molecule has 0 bridgehead atoms. The molecule has 2 N–H and O–H groups in total. The monoisotopic (exact) mass is 273 g/mol. The van der Waals surface area contributed by atoms with E-state index in [0.717, 1.165) is 12.8 Å². The third-order valence-electron chi connectivity index (χ3n) is 3.48. The highest BCUT2D eigenvalue weighted by molar-refractivity contribution is 7.13. The second-order valence-corrected chi connectivity index (χ2v) is 5.69. The number of nitrogens with zero attached hydrogens (tertiary/aromatic N) is 1. The number of nitrogens with one attached hydrogen (secondary N) is 2. The van der Waals surface area contributed by atoms with Gasteiger partial charge in [0.1, 0.15) is 0 Å². The van der Waals surface area contributed by atoms with Gasteiger partial charge < -0.3 is 5.32 Å². The molecule has 4 nitrogen and oxygen atoms in total.